The van der Waals surface area contributed by atoms with Crippen molar-refractivity contribution in [1.29, 1.82) is 0 Å². The minimum Gasteiger partial charge on any atom is -0.335 e. The first kappa shape index (κ1) is 17.0. The normalized spacial score (nSPS) is 15.2. The second-order valence-electron chi connectivity index (χ2n) is 6.44. The summed E-state index contributed by atoms with van der Waals surface area (Å²) < 4.78 is 79.9. The fraction of sp³-hybridized carbons (Fsp3) is 0.353. The van der Waals surface area contributed by atoms with E-state index in [1.54, 1.807) is 0 Å². The summed E-state index contributed by atoms with van der Waals surface area (Å²) in [4.78, 5) is 14.0. The number of aryl methyl sites for hydroxylation is 1. The molecule has 1 aliphatic rings. The van der Waals surface area contributed by atoms with Gasteiger partial charge in [-0.15, -0.1) is 0 Å². The van der Waals surface area contributed by atoms with Crippen molar-refractivity contribution >= 4 is 21.8 Å². The average Bonchev–Trinajstić information content (AvgIpc) is 3.06. The molecule has 0 atom stereocenters. The number of hydrogen-bond acceptors (Lipinski definition) is 1. The van der Waals surface area contributed by atoms with Crippen LogP contribution in [0.15, 0.2) is 23.0 Å². The van der Waals surface area contributed by atoms with Gasteiger partial charge in [0.2, 0.25) is 5.56 Å². The van der Waals surface area contributed by atoms with Crippen molar-refractivity contribution < 1.29 is 26.3 Å². The van der Waals surface area contributed by atoms with E-state index in [0.29, 0.717) is 42.0 Å². The number of aromatic nitrogens is 2. The minimum absolute atomic E-state index is 0.0313. The Bertz CT molecular complexity index is 1090. The Morgan fingerprint density at radius 2 is 1.73 bits per heavy atom. The van der Waals surface area contributed by atoms with E-state index in [2.05, 4.69) is 4.98 Å². The molecular weight excluding hydrogens is 362 g/mol. The van der Waals surface area contributed by atoms with Crippen LogP contribution in [0.5, 0.6) is 0 Å². The molecule has 2 aromatic heterocycles. The monoisotopic (exact) mass is 374 g/mol. The van der Waals surface area contributed by atoms with Gasteiger partial charge in [-0.2, -0.15) is 26.3 Å². The number of alkyl halides is 6. The van der Waals surface area contributed by atoms with Crippen LogP contribution in [0.25, 0.3) is 21.8 Å². The first-order valence-electron chi connectivity index (χ1n) is 7.89. The molecule has 1 aromatic carbocycles. The highest BCUT2D eigenvalue weighted by molar-refractivity contribution is 5.99. The maximum absolute atomic E-state index is 13.3. The number of fused-ring (bicyclic) bond motifs is 4. The van der Waals surface area contributed by atoms with Crippen molar-refractivity contribution in [2.24, 2.45) is 0 Å². The van der Waals surface area contributed by atoms with E-state index in [-0.39, 0.29) is 16.4 Å². The molecule has 3 nitrogen and oxygen atoms in total. The second-order valence-corrected chi connectivity index (χ2v) is 6.44. The van der Waals surface area contributed by atoms with Gasteiger partial charge in [0.25, 0.3) is 0 Å². The predicted molar refractivity (Wildman–Crippen MR) is 83.1 cm³/mol. The summed E-state index contributed by atoms with van der Waals surface area (Å²) >= 11 is 0. The van der Waals surface area contributed by atoms with Gasteiger partial charge in [0, 0.05) is 33.6 Å². The van der Waals surface area contributed by atoms with E-state index in [9.17, 15) is 31.1 Å². The number of nitrogens with one attached hydrogen (secondary N) is 1. The van der Waals surface area contributed by atoms with Gasteiger partial charge in [-0.05, 0) is 37.0 Å². The van der Waals surface area contributed by atoms with Crippen molar-refractivity contribution in [3.05, 3.63) is 45.4 Å². The van der Waals surface area contributed by atoms with Crippen LogP contribution in [0.2, 0.25) is 0 Å². The number of nitrogens with zero attached hydrogens (tertiary/aromatic N) is 1. The van der Waals surface area contributed by atoms with E-state index in [4.69, 9.17) is 0 Å². The summed E-state index contributed by atoms with van der Waals surface area (Å²) in [6.45, 7) is -1.25. The number of pyridine rings is 1. The van der Waals surface area contributed by atoms with Crippen molar-refractivity contribution in [2.75, 3.05) is 0 Å². The Morgan fingerprint density at radius 1 is 1.00 bits per heavy atom. The van der Waals surface area contributed by atoms with Gasteiger partial charge in [-0.3, -0.25) is 4.79 Å². The summed E-state index contributed by atoms with van der Waals surface area (Å²) in [5.41, 5.74) is -0.769. The van der Waals surface area contributed by atoms with Gasteiger partial charge in [0.05, 0.1) is 5.56 Å². The van der Waals surface area contributed by atoms with E-state index < -0.39 is 30.0 Å². The fourth-order valence-corrected chi connectivity index (χ4v) is 3.81. The van der Waals surface area contributed by atoms with Gasteiger partial charge in [0.1, 0.15) is 6.54 Å². The average molecular weight is 374 g/mol. The summed E-state index contributed by atoms with van der Waals surface area (Å²) in [5.74, 6) is 0. The summed E-state index contributed by atoms with van der Waals surface area (Å²) in [6.07, 6.45) is -7.58. The Labute approximate surface area is 142 Å². The highest BCUT2D eigenvalue weighted by atomic mass is 19.4. The molecule has 0 bridgehead atoms. The van der Waals surface area contributed by atoms with Crippen molar-refractivity contribution in [2.45, 2.75) is 38.2 Å². The number of H-pyrrole nitrogens is 1. The highest BCUT2D eigenvalue weighted by Gasteiger charge is 2.35. The lowest BCUT2D eigenvalue weighted by Gasteiger charge is -2.14. The van der Waals surface area contributed by atoms with Crippen LogP contribution in [-0.4, -0.2) is 15.7 Å². The molecule has 0 fully saturated rings. The topological polar surface area (TPSA) is 37.8 Å². The fourth-order valence-electron chi connectivity index (χ4n) is 3.81. The molecule has 3 aromatic rings. The zero-order valence-corrected chi connectivity index (χ0v) is 13.2. The van der Waals surface area contributed by atoms with Gasteiger partial charge < -0.3 is 9.55 Å². The minimum atomic E-state index is -4.79. The quantitative estimate of drug-likeness (QED) is 0.624. The predicted octanol–water partition coefficient (Wildman–Crippen LogP) is 4.55. The number of halogens is 6. The molecule has 1 aliphatic carbocycles. The van der Waals surface area contributed by atoms with Crippen LogP contribution in [-0.2, 0) is 25.6 Å². The summed E-state index contributed by atoms with van der Waals surface area (Å²) in [7, 11) is 0. The molecule has 0 aliphatic heterocycles. The molecule has 4 rings (SSSR count). The molecule has 26 heavy (non-hydrogen) atoms. The zero-order valence-electron chi connectivity index (χ0n) is 13.2. The Morgan fingerprint density at radius 3 is 2.38 bits per heavy atom. The van der Waals surface area contributed by atoms with Gasteiger partial charge in [-0.25, -0.2) is 0 Å². The molecule has 0 spiro atoms. The number of benzene rings is 1. The van der Waals surface area contributed by atoms with Gasteiger partial charge >= 0.3 is 12.4 Å². The Hall–Kier alpha value is -2.45. The third-order valence-corrected chi connectivity index (χ3v) is 4.73. The van der Waals surface area contributed by atoms with E-state index in [0.717, 1.165) is 10.6 Å². The maximum Gasteiger partial charge on any atom is 0.417 e. The number of aromatic amines is 1. The largest absolute Gasteiger partial charge is 0.417 e. The summed E-state index contributed by atoms with van der Waals surface area (Å²) in [5, 5.41) is 0.147. The Kier molecular flexibility index (Phi) is 3.45. The smallest absolute Gasteiger partial charge is 0.335 e. The molecule has 138 valence electrons. The van der Waals surface area contributed by atoms with Crippen molar-refractivity contribution in [1.82, 2.24) is 9.55 Å². The van der Waals surface area contributed by atoms with E-state index in [1.807, 2.05) is 0 Å². The van der Waals surface area contributed by atoms with Crippen molar-refractivity contribution in [3.63, 3.8) is 0 Å². The second kappa shape index (κ2) is 5.28. The summed E-state index contributed by atoms with van der Waals surface area (Å²) in [6, 6.07) is 2.89. The van der Waals surface area contributed by atoms with Crippen LogP contribution in [0.4, 0.5) is 26.3 Å². The highest BCUT2D eigenvalue weighted by Crippen LogP contribution is 2.39. The number of rotatable bonds is 1. The van der Waals surface area contributed by atoms with Gasteiger partial charge in [-0.1, -0.05) is 0 Å². The van der Waals surface area contributed by atoms with Crippen LogP contribution >= 0.6 is 0 Å². The molecule has 0 saturated carbocycles. The van der Waals surface area contributed by atoms with E-state index >= 15 is 0 Å². The van der Waals surface area contributed by atoms with Crippen LogP contribution in [0, 0.1) is 0 Å². The number of hydrogen-bond donors (Lipinski definition) is 1. The first-order valence-corrected chi connectivity index (χ1v) is 7.89. The molecule has 9 heteroatoms. The molecule has 0 saturated heterocycles. The molecule has 0 unspecified atom stereocenters. The molecule has 0 radical (unpaired) electrons. The lowest BCUT2D eigenvalue weighted by Crippen LogP contribution is -2.19. The third kappa shape index (κ3) is 2.65. The standard InChI is InChI=1S/C17H12F6N2O/c18-16(19,20)7-25-13-3-1-2-8(13)9-4-12-10(5-14(9)25)11(17(21,22)23)6-15(26)24-12/h4-6H,1-3,7H2,(H,24,26). The van der Waals surface area contributed by atoms with Crippen molar-refractivity contribution in [3.8, 4) is 0 Å². The molecule has 2 heterocycles. The van der Waals surface area contributed by atoms with E-state index in [1.165, 1.54) is 6.07 Å². The van der Waals surface area contributed by atoms with Gasteiger partial charge in [0.15, 0.2) is 0 Å². The molecule has 0 amide bonds. The Balaban J connectivity index is 2.10. The van der Waals surface area contributed by atoms with Crippen LogP contribution < -0.4 is 5.56 Å². The maximum atomic E-state index is 13.3. The van der Waals surface area contributed by atoms with Crippen LogP contribution in [0.1, 0.15) is 23.2 Å². The third-order valence-electron chi connectivity index (χ3n) is 4.73. The molecular formula is C17H12F6N2O. The lowest BCUT2D eigenvalue weighted by molar-refractivity contribution is -0.140. The zero-order chi connectivity index (χ0) is 18.9. The first-order chi connectivity index (χ1) is 12.0. The SMILES string of the molecule is O=c1cc(C(F)(F)F)c2cc3c(cc2[nH]1)c1c(n3CC(F)(F)F)CCC1. The lowest BCUT2D eigenvalue weighted by atomic mass is 10.0. The van der Waals surface area contributed by atoms with Crippen LogP contribution in [0.3, 0.4) is 0 Å². The molecule has 1 N–H and O–H groups in total.